The Bertz CT molecular complexity index is 425. The number of carboxylic acids is 2. The lowest BCUT2D eigenvalue weighted by atomic mass is 10.0. The second-order valence-corrected chi connectivity index (χ2v) is 4.46. The molecule has 0 bridgehead atoms. The number of carbonyl (C=O) groups is 2. The van der Waals surface area contributed by atoms with E-state index in [1.165, 1.54) is 24.9 Å². The molecule has 6 heteroatoms. The maximum absolute atomic E-state index is 9.10. The van der Waals surface area contributed by atoms with Crippen LogP contribution in [0.4, 0.5) is 0 Å². The lowest BCUT2D eigenvalue weighted by molar-refractivity contribution is -0.159. The second-order valence-electron chi connectivity index (χ2n) is 4.46. The fraction of sp³-hybridized carbons (Fsp3) is 0.429. The van der Waals surface area contributed by atoms with E-state index >= 15 is 0 Å². The summed E-state index contributed by atoms with van der Waals surface area (Å²) in [5.74, 6) is -2.71. The summed E-state index contributed by atoms with van der Waals surface area (Å²) in [6.07, 6.45) is 3.77. The van der Waals surface area contributed by atoms with Crippen molar-refractivity contribution in [1.29, 1.82) is 0 Å². The molecule has 0 saturated carbocycles. The molecule has 0 aromatic heterocycles. The monoisotopic (exact) mass is 281 g/mol. The number of hydrogen-bond donors (Lipinski definition) is 3. The Balaban J connectivity index is 0.000000286. The maximum atomic E-state index is 9.10. The first-order valence-electron chi connectivity index (χ1n) is 6.35. The van der Waals surface area contributed by atoms with Gasteiger partial charge in [-0.1, -0.05) is 12.1 Å². The molecule has 1 fully saturated rings. The predicted octanol–water partition coefficient (Wildman–Crippen LogP) is 1.15. The van der Waals surface area contributed by atoms with E-state index in [4.69, 9.17) is 24.5 Å². The van der Waals surface area contributed by atoms with Gasteiger partial charge in [0.25, 0.3) is 0 Å². The van der Waals surface area contributed by atoms with Crippen LogP contribution in [-0.2, 0) is 16.0 Å². The van der Waals surface area contributed by atoms with E-state index in [1.54, 1.807) is 7.11 Å². The zero-order valence-electron chi connectivity index (χ0n) is 11.3. The van der Waals surface area contributed by atoms with Gasteiger partial charge in [0.15, 0.2) is 0 Å². The fourth-order valence-corrected chi connectivity index (χ4v) is 1.98. The number of methoxy groups -OCH3 is 1. The quantitative estimate of drug-likeness (QED) is 0.719. The lowest BCUT2D eigenvalue weighted by Gasteiger charge is -2.10. The summed E-state index contributed by atoms with van der Waals surface area (Å²) in [6, 6.07) is 9.05. The highest BCUT2D eigenvalue weighted by atomic mass is 16.5. The van der Waals surface area contributed by atoms with Crippen molar-refractivity contribution in [2.75, 3.05) is 13.7 Å². The van der Waals surface area contributed by atoms with E-state index in [9.17, 15) is 0 Å². The highest BCUT2D eigenvalue weighted by Gasteiger charge is 2.13. The molecule has 0 amide bonds. The number of benzene rings is 1. The van der Waals surface area contributed by atoms with Crippen LogP contribution >= 0.6 is 0 Å². The molecule has 0 radical (unpaired) electrons. The van der Waals surface area contributed by atoms with Gasteiger partial charge < -0.3 is 20.3 Å². The highest BCUT2D eigenvalue weighted by Crippen LogP contribution is 2.15. The molecule has 0 aliphatic carbocycles. The third-order valence-corrected chi connectivity index (χ3v) is 2.99. The minimum Gasteiger partial charge on any atom is -0.497 e. The van der Waals surface area contributed by atoms with Gasteiger partial charge in [0.05, 0.1) is 7.11 Å². The number of carboxylic acid groups (broad SMARTS) is 2. The van der Waals surface area contributed by atoms with Crippen molar-refractivity contribution >= 4 is 11.9 Å². The Hall–Kier alpha value is -2.08. The predicted molar refractivity (Wildman–Crippen MR) is 73.0 cm³/mol. The third kappa shape index (κ3) is 5.71. The first kappa shape index (κ1) is 16.0. The lowest BCUT2D eigenvalue weighted by Crippen LogP contribution is -2.23. The van der Waals surface area contributed by atoms with Gasteiger partial charge in [-0.25, -0.2) is 9.59 Å². The summed E-state index contributed by atoms with van der Waals surface area (Å²) in [5.41, 5.74) is 1.39. The summed E-state index contributed by atoms with van der Waals surface area (Å²) in [6.45, 7) is 1.18. The normalized spacial score (nSPS) is 16.9. The first-order chi connectivity index (χ1) is 9.52. The van der Waals surface area contributed by atoms with Crippen LogP contribution in [0.1, 0.15) is 18.4 Å². The van der Waals surface area contributed by atoms with Gasteiger partial charge in [0, 0.05) is 6.04 Å². The van der Waals surface area contributed by atoms with Crippen LogP contribution in [0.3, 0.4) is 0 Å². The average molecular weight is 281 g/mol. The van der Waals surface area contributed by atoms with Crippen molar-refractivity contribution < 1.29 is 24.5 Å². The number of nitrogens with one attached hydrogen (secondary N) is 1. The molecule has 1 aromatic rings. The molecule has 0 spiro atoms. The molecule has 1 saturated heterocycles. The Morgan fingerprint density at radius 1 is 1.25 bits per heavy atom. The largest absolute Gasteiger partial charge is 0.497 e. The summed E-state index contributed by atoms with van der Waals surface area (Å²) in [4.78, 5) is 18.2. The van der Waals surface area contributed by atoms with Crippen molar-refractivity contribution in [3.8, 4) is 5.75 Å². The zero-order valence-corrected chi connectivity index (χ0v) is 11.3. The fourth-order valence-electron chi connectivity index (χ4n) is 1.98. The van der Waals surface area contributed by atoms with Crippen LogP contribution in [0.15, 0.2) is 24.3 Å². The number of ether oxygens (including phenoxy) is 1. The van der Waals surface area contributed by atoms with Crippen LogP contribution in [0, 0.1) is 0 Å². The molecule has 110 valence electrons. The third-order valence-electron chi connectivity index (χ3n) is 2.99. The van der Waals surface area contributed by atoms with Gasteiger partial charge in [-0.15, -0.1) is 0 Å². The molecule has 3 N–H and O–H groups in total. The molecular formula is C14H19NO5. The van der Waals surface area contributed by atoms with E-state index < -0.39 is 11.9 Å². The summed E-state index contributed by atoms with van der Waals surface area (Å²) < 4.78 is 5.12. The molecule has 1 atom stereocenters. The minimum atomic E-state index is -1.82. The Morgan fingerprint density at radius 2 is 1.85 bits per heavy atom. The van der Waals surface area contributed by atoms with Crippen molar-refractivity contribution in [1.82, 2.24) is 5.32 Å². The Kier molecular flexibility index (Phi) is 6.52. The maximum Gasteiger partial charge on any atom is 0.414 e. The molecule has 1 aliphatic heterocycles. The van der Waals surface area contributed by atoms with Gasteiger partial charge in [-0.05, 0) is 43.5 Å². The Morgan fingerprint density at radius 3 is 2.25 bits per heavy atom. The molecule has 20 heavy (non-hydrogen) atoms. The van der Waals surface area contributed by atoms with Gasteiger partial charge in [-0.3, -0.25) is 0 Å². The molecular weight excluding hydrogens is 262 g/mol. The minimum absolute atomic E-state index is 0.684. The van der Waals surface area contributed by atoms with E-state index in [-0.39, 0.29) is 0 Å². The van der Waals surface area contributed by atoms with Crippen LogP contribution in [0.25, 0.3) is 0 Å². The zero-order chi connectivity index (χ0) is 15.0. The number of aliphatic carboxylic acids is 2. The van der Waals surface area contributed by atoms with Crippen LogP contribution < -0.4 is 10.1 Å². The standard InChI is InChI=1S/C12H17NO.C2H2O4/c1-14-12-6-4-10(5-7-12)9-11-3-2-8-13-11;3-1(4)2(5)6/h4-7,11,13H,2-3,8-9H2,1H3;(H,3,4)(H,5,6). The molecule has 1 heterocycles. The Labute approximate surface area is 117 Å². The van der Waals surface area contributed by atoms with Gasteiger partial charge in [0.1, 0.15) is 5.75 Å². The summed E-state index contributed by atoms with van der Waals surface area (Å²) in [5, 5.41) is 18.3. The average Bonchev–Trinajstić information content (AvgIpc) is 2.93. The molecule has 1 unspecified atom stereocenters. The SMILES string of the molecule is COc1ccc(CC2CCCN2)cc1.O=C(O)C(=O)O. The number of rotatable bonds is 3. The summed E-state index contributed by atoms with van der Waals surface area (Å²) in [7, 11) is 1.70. The second kappa shape index (κ2) is 8.16. The molecule has 6 nitrogen and oxygen atoms in total. The molecule has 1 aromatic carbocycles. The van der Waals surface area contributed by atoms with E-state index in [0.717, 1.165) is 12.2 Å². The van der Waals surface area contributed by atoms with Crippen molar-refractivity contribution in [2.24, 2.45) is 0 Å². The van der Waals surface area contributed by atoms with E-state index in [0.29, 0.717) is 6.04 Å². The van der Waals surface area contributed by atoms with Crippen LogP contribution in [-0.4, -0.2) is 41.8 Å². The van der Waals surface area contributed by atoms with Crippen LogP contribution in [0.2, 0.25) is 0 Å². The first-order valence-corrected chi connectivity index (χ1v) is 6.35. The van der Waals surface area contributed by atoms with Gasteiger partial charge in [0.2, 0.25) is 0 Å². The molecule has 2 rings (SSSR count). The topological polar surface area (TPSA) is 95.9 Å². The van der Waals surface area contributed by atoms with Crippen molar-refractivity contribution in [2.45, 2.75) is 25.3 Å². The smallest absolute Gasteiger partial charge is 0.414 e. The van der Waals surface area contributed by atoms with E-state index in [1.807, 2.05) is 12.1 Å². The molecule has 1 aliphatic rings. The van der Waals surface area contributed by atoms with Gasteiger partial charge in [-0.2, -0.15) is 0 Å². The van der Waals surface area contributed by atoms with Crippen molar-refractivity contribution in [3.63, 3.8) is 0 Å². The summed E-state index contributed by atoms with van der Waals surface area (Å²) >= 11 is 0. The number of hydrogen-bond acceptors (Lipinski definition) is 4. The van der Waals surface area contributed by atoms with E-state index in [2.05, 4.69) is 17.4 Å². The van der Waals surface area contributed by atoms with Crippen LogP contribution in [0.5, 0.6) is 5.75 Å². The van der Waals surface area contributed by atoms with Gasteiger partial charge >= 0.3 is 11.9 Å². The highest BCUT2D eigenvalue weighted by molar-refractivity contribution is 6.27. The van der Waals surface area contributed by atoms with Crippen molar-refractivity contribution in [3.05, 3.63) is 29.8 Å².